The Kier molecular flexibility index (Phi) is 6.64. The zero-order chi connectivity index (χ0) is 15.6. The number of hydrogen-bond donors (Lipinski definition) is 2. The average Bonchev–Trinajstić information content (AvgIpc) is 2.54. The van der Waals surface area contributed by atoms with E-state index >= 15 is 0 Å². The third-order valence-electron chi connectivity index (χ3n) is 3.12. The molecular weight excluding hydrogens is 294 g/mol. The van der Waals surface area contributed by atoms with E-state index in [0.717, 1.165) is 30.8 Å². The number of anilines is 1. The second-order valence-corrected chi connectivity index (χ2v) is 5.17. The highest BCUT2D eigenvalue weighted by molar-refractivity contribution is 7.80. The topological polar surface area (TPSA) is 46.2 Å². The van der Waals surface area contributed by atoms with Gasteiger partial charge < -0.3 is 15.4 Å². The maximum Gasteiger partial charge on any atom is 0.170 e. The molecule has 0 amide bonds. The smallest absolute Gasteiger partial charge is 0.170 e. The van der Waals surface area contributed by atoms with Crippen LogP contribution in [0.25, 0.3) is 0 Å². The lowest BCUT2D eigenvalue weighted by Gasteiger charge is -2.12. The Hall–Kier alpha value is -2.14. The van der Waals surface area contributed by atoms with Gasteiger partial charge in [0.15, 0.2) is 5.11 Å². The van der Waals surface area contributed by atoms with Crippen LogP contribution in [0.2, 0.25) is 0 Å². The molecule has 5 heteroatoms. The molecule has 0 fully saturated rings. The van der Waals surface area contributed by atoms with Gasteiger partial charge in [0.2, 0.25) is 0 Å². The van der Waals surface area contributed by atoms with Crippen molar-refractivity contribution < 1.29 is 4.74 Å². The molecule has 22 heavy (non-hydrogen) atoms. The number of para-hydroxylation sites is 1. The summed E-state index contributed by atoms with van der Waals surface area (Å²) in [5, 5.41) is 6.97. The Bertz CT molecular complexity index is 589. The first-order chi connectivity index (χ1) is 10.8. The quantitative estimate of drug-likeness (QED) is 0.606. The number of aryl methyl sites for hydroxylation is 1. The Morgan fingerprint density at radius 2 is 1.95 bits per heavy atom. The Labute approximate surface area is 136 Å². The number of hydrogen-bond acceptors (Lipinski definition) is 3. The lowest BCUT2D eigenvalue weighted by molar-refractivity contribution is 0.336. The van der Waals surface area contributed by atoms with Gasteiger partial charge in [0.05, 0.1) is 6.61 Å². The van der Waals surface area contributed by atoms with Gasteiger partial charge in [-0.1, -0.05) is 18.2 Å². The summed E-state index contributed by atoms with van der Waals surface area (Å²) in [7, 11) is 0. The fourth-order valence-corrected chi connectivity index (χ4v) is 2.32. The standard InChI is InChI=1S/C17H21N3OS/c1-2-21-16-8-4-3-6-14(16)7-5-11-19-17(22)20-15-9-12-18-13-10-15/h3-4,6,8-10,12-13H,2,5,7,11H2,1H3,(H2,18,19,20,22). The van der Waals surface area contributed by atoms with Crippen molar-refractivity contribution in [3.8, 4) is 5.75 Å². The zero-order valence-corrected chi connectivity index (χ0v) is 13.5. The molecule has 0 radical (unpaired) electrons. The molecule has 1 aromatic carbocycles. The van der Waals surface area contributed by atoms with E-state index in [4.69, 9.17) is 17.0 Å². The third kappa shape index (κ3) is 5.33. The fraction of sp³-hybridized carbons (Fsp3) is 0.294. The molecule has 116 valence electrons. The first kappa shape index (κ1) is 16.2. The molecule has 2 aromatic rings. The van der Waals surface area contributed by atoms with Gasteiger partial charge in [0.25, 0.3) is 0 Å². The number of benzene rings is 1. The largest absolute Gasteiger partial charge is 0.494 e. The summed E-state index contributed by atoms with van der Waals surface area (Å²) in [5.41, 5.74) is 2.17. The van der Waals surface area contributed by atoms with E-state index in [1.807, 2.05) is 37.3 Å². The van der Waals surface area contributed by atoms with Crippen molar-refractivity contribution in [1.82, 2.24) is 10.3 Å². The fourth-order valence-electron chi connectivity index (χ4n) is 2.10. The summed E-state index contributed by atoms with van der Waals surface area (Å²) in [6.45, 7) is 3.51. The maximum absolute atomic E-state index is 5.63. The van der Waals surface area contributed by atoms with Crippen molar-refractivity contribution in [3.63, 3.8) is 0 Å². The van der Waals surface area contributed by atoms with Crippen LogP contribution in [0.1, 0.15) is 18.9 Å². The summed E-state index contributed by atoms with van der Waals surface area (Å²) in [5.74, 6) is 0.975. The van der Waals surface area contributed by atoms with Gasteiger partial charge in [-0.15, -0.1) is 0 Å². The highest BCUT2D eigenvalue weighted by Gasteiger charge is 2.02. The Balaban J connectivity index is 1.72. The molecule has 0 saturated carbocycles. The number of thiocarbonyl (C=S) groups is 1. The van der Waals surface area contributed by atoms with Crippen molar-refractivity contribution in [2.24, 2.45) is 0 Å². The van der Waals surface area contributed by atoms with Gasteiger partial charge in [-0.2, -0.15) is 0 Å². The Morgan fingerprint density at radius 1 is 1.18 bits per heavy atom. The molecular formula is C17H21N3OS. The van der Waals surface area contributed by atoms with Gasteiger partial charge in [-0.25, -0.2) is 0 Å². The van der Waals surface area contributed by atoms with Crippen molar-refractivity contribution in [2.75, 3.05) is 18.5 Å². The van der Waals surface area contributed by atoms with Crippen molar-refractivity contribution in [2.45, 2.75) is 19.8 Å². The number of nitrogens with zero attached hydrogens (tertiary/aromatic N) is 1. The van der Waals surface area contributed by atoms with E-state index in [1.54, 1.807) is 12.4 Å². The van der Waals surface area contributed by atoms with Crippen LogP contribution in [0.4, 0.5) is 5.69 Å². The molecule has 0 unspecified atom stereocenters. The van der Waals surface area contributed by atoms with Crippen LogP contribution in [0, 0.1) is 0 Å². The summed E-state index contributed by atoms with van der Waals surface area (Å²) in [6.07, 6.45) is 5.41. The zero-order valence-electron chi connectivity index (χ0n) is 12.7. The minimum Gasteiger partial charge on any atom is -0.494 e. The van der Waals surface area contributed by atoms with E-state index in [1.165, 1.54) is 5.56 Å². The van der Waals surface area contributed by atoms with Crippen LogP contribution in [0.3, 0.4) is 0 Å². The third-order valence-corrected chi connectivity index (χ3v) is 3.37. The molecule has 0 bridgehead atoms. The number of nitrogens with one attached hydrogen (secondary N) is 2. The molecule has 2 rings (SSSR count). The van der Waals surface area contributed by atoms with Crippen molar-refractivity contribution in [1.29, 1.82) is 0 Å². The molecule has 0 aliphatic heterocycles. The van der Waals surface area contributed by atoms with E-state index in [0.29, 0.717) is 11.7 Å². The van der Waals surface area contributed by atoms with E-state index in [9.17, 15) is 0 Å². The van der Waals surface area contributed by atoms with Crippen LogP contribution in [0.15, 0.2) is 48.8 Å². The van der Waals surface area contributed by atoms with Gasteiger partial charge in [0, 0.05) is 24.6 Å². The van der Waals surface area contributed by atoms with Crippen LogP contribution in [-0.4, -0.2) is 23.2 Å². The summed E-state index contributed by atoms with van der Waals surface area (Å²) >= 11 is 5.27. The van der Waals surface area contributed by atoms with Crippen molar-refractivity contribution >= 4 is 23.0 Å². The van der Waals surface area contributed by atoms with E-state index in [-0.39, 0.29) is 0 Å². The number of pyridine rings is 1. The molecule has 0 aliphatic rings. The van der Waals surface area contributed by atoms with Gasteiger partial charge in [0.1, 0.15) is 5.75 Å². The molecule has 2 N–H and O–H groups in total. The molecule has 0 spiro atoms. The van der Waals surface area contributed by atoms with Gasteiger partial charge >= 0.3 is 0 Å². The van der Waals surface area contributed by atoms with Gasteiger partial charge in [-0.3, -0.25) is 4.98 Å². The summed E-state index contributed by atoms with van der Waals surface area (Å²) in [4.78, 5) is 3.97. The van der Waals surface area contributed by atoms with Gasteiger partial charge in [-0.05, 0) is 55.7 Å². The first-order valence-corrected chi connectivity index (χ1v) is 7.86. The lowest BCUT2D eigenvalue weighted by atomic mass is 10.1. The lowest BCUT2D eigenvalue weighted by Crippen LogP contribution is -2.29. The monoisotopic (exact) mass is 315 g/mol. The minimum absolute atomic E-state index is 0.629. The first-order valence-electron chi connectivity index (χ1n) is 7.45. The SMILES string of the molecule is CCOc1ccccc1CCCNC(=S)Nc1ccncc1. The number of ether oxygens (including phenoxy) is 1. The second-order valence-electron chi connectivity index (χ2n) is 4.76. The van der Waals surface area contributed by atoms with E-state index in [2.05, 4.69) is 21.7 Å². The molecule has 0 aliphatic carbocycles. The average molecular weight is 315 g/mol. The predicted octanol–water partition coefficient (Wildman–Crippen LogP) is 3.40. The van der Waals surface area contributed by atoms with Crippen LogP contribution < -0.4 is 15.4 Å². The summed E-state index contributed by atoms with van der Waals surface area (Å²) < 4.78 is 5.63. The molecule has 4 nitrogen and oxygen atoms in total. The molecule has 1 aromatic heterocycles. The normalized spacial score (nSPS) is 10.0. The van der Waals surface area contributed by atoms with Crippen molar-refractivity contribution in [3.05, 3.63) is 54.4 Å². The highest BCUT2D eigenvalue weighted by Crippen LogP contribution is 2.19. The highest BCUT2D eigenvalue weighted by atomic mass is 32.1. The van der Waals surface area contributed by atoms with Crippen LogP contribution in [-0.2, 0) is 6.42 Å². The van der Waals surface area contributed by atoms with Crippen LogP contribution >= 0.6 is 12.2 Å². The van der Waals surface area contributed by atoms with Crippen LogP contribution in [0.5, 0.6) is 5.75 Å². The second kappa shape index (κ2) is 9.00. The molecule has 1 heterocycles. The molecule has 0 saturated heterocycles. The number of rotatable bonds is 7. The minimum atomic E-state index is 0.629. The maximum atomic E-state index is 5.63. The summed E-state index contributed by atoms with van der Waals surface area (Å²) in [6, 6.07) is 11.9. The molecule has 0 atom stereocenters. The number of aromatic nitrogens is 1. The van der Waals surface area contributed by atoms with E-state index < -0.39 is 0 Å². The predicted molar refractivity (Wildman–Crippen MR) is 94.4 cm³/mol. The Morgan fingerprint density at radius 3 is 2.73 bits per heavy atom.